The van der Waals surface area contributed by atoms with Crippen LogP contribution in [-0.4, -0.2) is 15.8 Å². The Balaban J connectivity index is 2.17. The molecule has 18 heavy (non-hydrogen) atoms. The molecular formula is C16H16O2. The van der Waals surface area contributed by atoms with Gasteiger partial charge in [0.05, 0.1) is 0 Å². The number of aliphatic hydroxyl groups is 2. The third kappa shape index (κ3) is 1.57. The van der Waals surface area contributed by atoms with Crippen molar-refractivity contribution in [1.29, 1.82) is 0 Å². The van der Waals surface area contributed by atoms with Gasteiger partial charge in [-0.3, -0.25) is 0 Å². The van der Waals surface area contributed by atoms with E-state index in [1.807, 2.05) is 60.7 Å². The smallest absolute Gasteiger partial charge is 0.143 e. The van der Waals surface area contributed by atoms with Crippen molar-refractivity contribution in [1.82, 2.24) is 0 Å². The molecule has 3 rings (SSSR count). The normalized spacial score (nSPS) is 17.4. The van der Waals surface area contributed by atoms with Crippen LogP contribution in [0.4, 0.5) is 0 Å². The highest BCUT2D eigenvalue weighted by atomic mass is 16.4. The van der Waals surface area contributed by atoms with Crippen LogP contribution in [0.3, 0.4) is 0 Å². The first-order valence-corrected chi connectivity index (χ1v) is 6.23. The first-order chi connectivity index (χ1) is 8.67. The zero-order valence-electron chi connectivity index (χ0n) is 10.1. The molecule has 0 bridgehead atoms. The molecule has 2 heteroatoms. The molecule has 2 N–H and O–H groups in total. The molecule has 0 spiro atoms. The number of benzene rings is 2. The van der Waals surface area contributed by atoms with Crippen LogP contribution in [0.5, 0.6) is 0 Å². The van der Waals surface area contributed by atoms with Crippen molar-refractivity contribution in [3.8, 4) is 0 Å². The van der Waals surface area contributed by atoms with Gasteiger partial charge >= 0.3 is 0 Å². The standard InChI is InChI=1S/C16H16O2/c17-15(11-12-15)16(18,13-7-3-1-4-8-13)14-9-5-2-6-10-14/h1-10,17-18H,11-12H2. The SMILES string of the molecule is OC1(C(O)(c2ccccc2)c2ccccc2)CC1. The second kappa shape index (κ2) is 3.94. The fraction of sp³-hybridized carbons (Fsp3) is 0.250. The van der Waals surface area contributed by atoms with Crippen molar-refractivity contribution in [3.63, 3.8) is 0 Å². The number of rotatable bonds is 3. The number of hydrogen-bond acceptors (Lipinski definition) is 2. The maximum atomic E-state index is 11.1. The first kappa shape index (κ1) is 11.5. The third-order valence-corrected chi connectivity index (χ3v) is 3.78. The Morgan fingerprint density at radius 2 is 1.17 bits per heavy atom. The van der Waals surface area contributed by atoms with Crippen LogP contribution in [0.25, 0.3) is 0 Å². The van der Waals surface area contributed by atoms with Crippen molar-refractivity contribution in [2.75, 3.05) is 0 Å². The maximum absolute atomic E-state index is 11.1. The van der Waals surface area contributed by atoms with E-state index < -0.39 is 11.2 Å². The summed E-state index contributed by atoms with van der Waals surface area (Å²) in [5, 5.41) is 21.6. The van der Waals surface area contributed by atoms with Crippen molar-refractivity contribution in [3.05, 3.63) is 71.8 Å². The molecule has 1 saturated carbocycles. The molecular weight excluding hydrogens is 224 g/mol. The van der Waals surface area contributed by atoms with Gasteiger partial charge in [0.25, 0.3) is 0 Å². The van der Waals surface area contributed by atoms with Crippen LogP contribution in [-0.2, 0) is 5.60 Å². The van der Waals surface area contributed by atoms with Gasteiger partial charge < -0.3 is 10.2 Å². The first-order valence-electron chi connectivity index (χ1n) is 6.23. The summed E-state index contributed by atoms with van der Waals surface area (Å²) in [6.07, 6.45) is 1.26. The van der Waals surface area contributed by atoms with E-state index in [0.717, 1.165) is 11.1 Å². The quantitative estimate of drug-likeness (QED) is 0.865. The monoisotopic (exact) mass is 240 g/mol. The van der Waals surface area contributed by atoms with E-state index in [-0.39, 0.29) is 0 Å². The van der Waals surface area contributed by atoms with E-state index in [4.69, 9.17) is 0 Å². The highest BCUT2D eigenvalue weighted by Crippen LogP contribution is 2.53. The zero-order chi connectivity index (χ0) is 12.6. The summed E-state index contributed by atoms with van der Waals surface area (Å²) in [5.74, 6) is 0. The second-order valence-corrected chi connectivity index (χ2v) is 4.97. The van der Waals surface area contributed by atoms with Gasteiger partial charge in [-0.2, -0.15) is 0 Å². The van der Waals surface area contributed by atoms with Gasteiger partial charge in [-0.05, 0) is 24.0 Å². The average molecular weight is 240 g/mol. The molecule has 2 nitrogen and oxygen atoms in total. The zero-order valence-corrected chi connectivity index (χ0v) is 10.1. The summed E-state index contributed by atoms with van der Waals surface area (Å²) >= 11 is 0. The third-order valence-electron chi connectivity index (χ3n) is 3.78. The molecule has 0 unspecified atom stereocenters. The van der Waals surface area contributed by atoms with Crippen molar-refractivity contribution < 1.29 is 10.2 Å². The van der Waals surface area contributed by atoms with Gasteiger partial charge in [0, 0.05) is 0 Å². The fourth-order valence-corrected chi connectivity index (χ4v) is 2.54. The van der Waals surface area contributed by atoms with Crippen LogP contribution < -0.4 is 0 Å². The lowest BCUT2D eigenvalue weighted by Crippen LogP contribution is -2.42. The lowest BCUT2D eigenvalue weighted by atomic mass is 9.80. The predicted octanol–water partition coefficient (Wildman–Crippen LogP) is 2.45. The van der Waals surface area contributed by atoms with E-state index in [0.29, 0.717) is 12.8 Å². The minimum absolute atomic E-state index is 0.632. The minimum atomic E-state index is -1.31. The van der Waals surface area contributed by atoms with Crippen LogP contribution in [0.15, 0.2) is 60.7 Å². The Hall–Kier alpha value is -1.64. The molecule has 92 valence electrons. The predicted molar refractivity (Wildman–Crippen MR) is 70.1 cm³/mol. The lowest BCUT2D eigenvalue weighted by molar-refractivity contribution is -0.0683. The molecule has 0 radical (unpaired) electrons. The summed E-state index contributed by atoms with van der Waals surface area (Å²) in [7, 11) is 0. The Morgan fingerprint density at radius 1 is 0.778 bits per heavy atom. The van der Waals surface area contributed by atoms with Crippen molar-refractivity contribution >= 4 is 0 Å². The lowest BCUT2D eigenvalue weighted by Gasteiger charge is -2.34. The molecule has 0 aliphatic heterocycles. The Kier molecular flexibility index (Phi) is 2.51. The Morgan fingerprint density at radius 3 is 1.50 bits per heavy atom. The molecule has 1 fully saturated rings. The second-order valence-electron chi connectivity index (χ2n) is 4.97. The largest absolute Gasteiger partial charge is 0.386 e. The van der Waals surface area contributed by atoms with Gasteiger partial charge in [-0.1, -0.05) is 60.7 Å². The van der Waals surface area contributed by atoms with Crippen LogP contribution in [0.1, 0.15) is 24.0 Å². The molecule has 0 amide bonds. The van der Waals surface area contributed by atoms with Gasteiger partial charge in [0.1, 0.15) is 11.2 Å². The highest BCUT2D eigenvalue weighted by molar-refractivity contribution is 5.42. The summed E-state index contributed by atoms with van der Waals surface area (Å²) < 4.78 is 0. The van der Waals surface area contributed by atoms with E-state index >= 15 is 0 Å². The maximum Gasteiger partial charge on any atom is 0.143 e. The molecule has 1 aliphatic carbocycles. The van der Waals surface area contributed by atoms with Gasteiger partial charge in [-0.15, -0.1) is 0 Å². The molecule has 0 aromatic heterocycles. The number of hydrogen-bond donors (Lipinski definition) is 2. The molecule has 0 atom stereocenters. The highest BCUT2D eigenvalue weighted by Gasteiger charge is 2.59. The van der Waals surface area contributed by atoms with Gasteiger partial charge in [0.2, 0.25) is 0 Å². The molecule has 0 saturated heterocycles. The summed E-state index contributed by atoms with van der Waals surface area (Å²) in [6.45, 7) is 0. The van der Waals surface area contributed by atoms with Gasteiger partial charge in [0.15, 0.2) is 0 Å². The Labute approximate surface area is 107 Å². The Bertz CT molecular complexity index is 490. The molecule has 2 aromatic carbocycles. The van der Waals surface area contributed by atoms with Crippen LogP contribution >= 0.6 is 0 Å². The van der Waals surface area contributed by atoms with E-state index in [1.54, 1.807) is 0 Å². The topological polar surface area (TPSA) is 40.5 Å². The fourth-order valence-electron chi connectivity index (χ4n) is 2.54. The van der Waals surface area contributed by atoms with E-state index in [9.17, 15) is 10.2 Å². The van der Waals surface area contributed by atoms with Crippen LogP contribution in [0.2, 0.25) is 0 Å². The molecule has 1 aliphatic rings. The summed E-state index contributed by atoms with van der Waals surface area (Å²) in [4.78, 5) is 0. The minimum Gasteiger partial charge on any atom is -0.386 e. The molecule has 0 heterocycles. The molecule has 2 aromatic rings. The average Bonchev–Trinajstić information content (AvgIpc) is 3.19. The van der Waals surface area contributed by atoms with Crippen molar-refractivity contribution in [2.24, 2.45) is 0 Å². The summed E-state index contributed by atoms with van der Waals surface area (Å²) in [5.41, 5.74) is -0.849. The van der Waals surface area contributed by atoms with E-state index in [2.05, 4.69) is 0 Å². The van der Waals surface area contributed by atoms with Gasteiger partial charge in [-0.25, -0.2) is 0 Å². The van der Waals surface area contributed by atoms with E-state index in [1.165, 1.54) is 0 Å². The summed E-state index contributed by atoms with van der Waals surface area (Å²) in [6, 6.07) is 18.8. The van der Waals surface area contributed by atoms with Crippen LogP contribution in [0, 0.1) is 0 Å². The van der Waals surface area contributed by atoms with Crippen molar-refractivity contribution in [2.45, 2.75) is 24.0 Å².